The van der Waals surface area contributed by atoms with Crippen LogP contribution in [0.3, 0.4) is 0 Å². The largest absolute Gasteiger partial charge is 0.497 e. The second kappa shape index (κ2) is 5.76. The van der Waals surface area contributed by atoms with Gasteiger partial charge in [-0.15, -0.1) is 0 Å². The molecule has 0 amide bonds. The molecule has 0 spiro atoms. The molecule has 0 aromatic heterocycles. The predicted molar refractivity (Wildman–Crippen MR) is 78.7 cm³/mol. The zero-order valence-electron chi connectivity index (χ0n) is 12.2. The molecule has 0 atom stereocenters. The molecule has 1 aliphatic heterocycles. The Bertz CT molecular complexity index is 534. The fourth-order valence-electron chi connectivity index (χ4n) is 2.53. The molecule has 4 nitrogen and oxygen atoms in total. The first-order chi connectivity index (χ1) is 10.3. The summed E-state index contributed by atoms with van der Waals surface area (Å²) in [5.41, 5.74) is 1.90. The van der Waals surface area contributed by atoms with Crippen LogP contribution in [-0.2, 0) is 15.3 Å². The minimum atomic E-state index is -0.849. The van der Waals surface area contributed by atoms with E-state index in [-0.39, 0.29) is 0 Å². The maximum Gasteiger partial charge on any atom is 0.222 e. The Morgan fingerprint density at radius 2 is 1.10 bits per heavy atom. The van der Waals surface area contributed by atoms with Crippen LogP contribution in [0.4, 0.5) is 0 Å². The summed E-state index contributed by atoms with van der Waals surface area (Å²) in [6.45, 7) is 1.14. The lowest BCUT2D eigenvalue weighted by Gasteiger charge is -2.28. The SMILES string of the molecule is COc1ccc(C2(c3ccc(OC)cc3)OCCO2)cc1. The lowest BCUT2D eigenvalue weighted by Crippen LogP contribution is -2.28. The molecule has 1 heterocycles. The Morgan fingerprint density at radius 1 is 0.714 bits per heavy atom. The molecule has 1 saturated heterocycles. The predicted octanol–water partition coefficient (Wildman–Crippen LogP) is 2.95. The zero-order valence-corrected chi connectivity index (χ0v) is 12.2. The number of rotatable bonds is 4. The Labute approximate surface area is 124 Å². The van der Waals surface area contributed by atoms with Gasteiger partial charge in [-0.2, -0.15) is 0 Å². The van der Waals surface area contributed by atoms with E-state index in [2.05, 4.69) is 0 Å². The summed E-state index contributed by atoms with van der Waals surface area (Å²) in [4.78, 5) is 0. The van der Waals surface area contributed by atoms with Crippen molar-refractivity contribution >= 4 is 0 Å². The lowest BCUT2D eigenvalue weighted by molar-refractivity contribution is -0.129. The highest BCUT2D eigenvalue weighted by molar-refractivity contribution is 5.39. The molecule has 0 aliphatic carbocycles. The van der Waals surface area contributed by atoms with E-state index in [1.165, 1.54) is 0 Å². The number of methoxy groups -OCH3 is 2. The molecular formula is C17H18O4. The zero-order chi connectivity index (χ0) is 14.7. The van der Waals surface area contributed by atoms with Crippen LogP contribution in [0.5, 0.6) is 11.5 Å². The first-order valence-electron chi connectivity index (χ1n) is 6.85. The van der Waals surface area contributed by atoms with Gasteiger partial charge >= 0.3 is 0 Å². The molecule has 4 heteroatoms. The smallest absolute Gasteiger partial charge is 0.222 e. The molecular weight excluding hydrogens is 268 g/mol. The van der Waals surface area contributed by atoms with Gasteiger partial charge in [0.25, 0.3) is 0 Å². The standard InChI is InChI=1S/C17H18O4/c1-18-15-7-3-13(4-8-15)17(20-11-12-21-17)14-5-9-16(19-2)10-6-14/h3-10H,11-12H2,1-2H3. The summed E-state index contributed by atoms with van der Waals surface area (Å²) in [7, 11) is 3.30. The van der Waals surface area contributed by atoms with Crippen LogP contribution in [0.1, 0.15) is 11.1 Å². The molecule has 0 N–H and O–H groups in total. The van der Waals surface area contributed by atoms with Gasteiger partial charge in [-0.05, 0) is 48.5 Å². The van der Waals surface area contributed by atoms with Crippen molar-refractivity contribution in [2.75, 3.05) is 27.4 Å². The van der Waals surface area contributed by atoms with Gasteiger partial charge in [0.2, 0.25) is 5.79 Å². The summed E-state index contributed by atoms with van der Waals surface area (Å²) < 4.78 is 22.3. The minimum Gasteiger partial charge on any atom is -0.497 e. The highest BCUT2D eigenvalue weighted by Gasteiger charge is 2.40. The maximum absolute atomic E-state index is 5.96. The first kappa shape index (κ1) is 13.9. The highest BCUT2D eigenvalue weighted by Crippen LogP contribution is 2.39. The third-order valence-corrected chi connectivity index (χ3v) is 3.63. The van der Waals surface area contributed by atoms with Crippen molar-refractivity contribution in [2.45, 2.75) is 5.79 Å². The van der Waals surface area contributed by atoms with Crippen molar-refractivity contribution in [1.29, 1.82) is 0 Å². The number of ether oxygens (including phenoxy) is 4. The van der Waals surface area contributed by atoms with Crippen LogP contribution in [0.15, 0.2) is 48.5 Å². The normalized spacial score (nSPS) is 16.7. The Morgan fingerprint density at radius 3 is 1.43 bits per heavy atom. The van der Waals surface area contributed by atoms with E-state index in [1.54, 1.807) is 14.2 Å². The average molecular weight is 286 g/mol. The van der Waals surface area contributed by atoms with Crippen molar-refractivity contribution in [2.24, 2.45) is 0 Å². The average Bonchev–Trinajstić information content (AvgIpc) is 3.06. The monoisotopic (exact) mass is 286 g/mol. The third-order valence-electron chi connectivity index (χ3n) is 3.63. The fourth-order valence-corrected chi connectivity index (χ4v) is 2.53. The molecule has 0 saturated carbocycles. The van der Waals surface area contributed by atoms with Crippen LogP contribution in [-0.4, -0.2) is 27.4 Å². The van der Waals surface area contributed by atoms with E-state index in [0.29, 0.717) is 13.2 Å². The number of benzene rings is 2. The van der Waals surface area contributed by atoms with Crippen molar-refractivity contribution < 1.29 is 18.9 Å². The van der Waals surface area contributed by atoms with Gasteiger partial charge in [0.05, 0.1) is 27.4 Å². The molecule has 1 fully saturated rings. The van der Waals surface area contributed by atoms with Gasteiger partial charge in [-0.1, -0.05) is 0 Å². The van der Waals surface area contributed by atoms with Gasteiger partial charge < -0.3 is 18.9 Å². The summed E-state index contributed by atoms with van der Waals surface area (Å²) in [6.07, 6.45) is 0. The second-order valence-corrected chi connectivity index (χ2v) is 4.77. The maximum atomic E-state index is 5.96. The molecule has 0 bridgehead atoms. The topological polar surface area (TPSA) is 36.9 Å². The Kier molecular flexibility index (Phi) is 3.82. The van der Waals surface area contributed by atoms with E-state index in [9.17, 15) is 0 Å². The van der Waals surface area contributed by atoms with Crippen LogP contribution in [0.2, 0.25) is 0 Å². The summed E-state index contributed by atoms with van der Waals surface area (Å²) in [6, 6.07) is 15.5. The van der Waals surface area contributed by atoms with Crippen molar-refractivity contribution in [3.63, 3.8) is 0 Å². The number of hydrogen-bond acceptors (Lipinski definition) is 4. The molecule has 0 unspecified atom stereocenters. The van der Waals surface area contributed by atoms with E-state index < -0.39 is 5.79 Å². The molecule has 110 valence electrons. The minimum absolute atomic E-state index is 0.568. The molecule has 2 aromatic carbocycles. The van der Waals surface area contributed by atoms with Gasteiger partial charge in [0.15, 0.2) is 0 Å². The molecule has 2 aromatic rings. The van der Waals surface area contributed by atoms with Crippen LogP contribution in [0, 0.1) is 0 Å². The lowest BCUT2D eigenvalue weighted by atomic mass is 9.97. The summed E-state index contributed by atoms with van der Waals surface area (Å²) >= 11 is 0. The van der Waals surface area contributed by atoms with Crippen molar-refractivity contribution in [3.8, 4) is 11.5 Å². The van der Waals surface area contributed by atoms with Crippen LogP contribution >= 0.6 is 0 Å². The summed E-state index contributed by atoms with van der Waals surface area (Å²) in [5.74, 6) is 0.765. The molecule has 21 heavy (non-hydrogen) atoms. The molecule has 1 aliphatic rings. The number of hydrogen-bond donors (Lipinski definition) is 0. The van der Waals surface area contributed by atoms with E-state index in [0.717, 1.165) is 22.6 Å². The first-order valence-corrected chi connectivity index (χ1v) is 6.85. The van der Waals surface area contributed by atoms with Crippen molar-refractivity contribution in [3.05, 3.63) is 59.7 Å². The van der Waals surface area contributed by atoms with E-state index in [1.807, 2.05) is 48.5 Å². The van der Waals surface area contributed by atoms with E-state index in [4.69, 9.17) is 18.9 Å². The van der Waals surface area contributed by atoms with Crippen molar-refractivity contribution in [1.82, 2.24) is 0 Å². The van der Waals surface area contributed by atoms with Gasteiger partial charge in [0.1, 0.15) is 11.5 Å². The molecule has 3 rings (SSSR count). The van der Waals surface area contributed by atoms with Gasteiger partial charge in [-0.3, -0.25) is 0 Å². The molecule has 0 radical (unpaired) electrons. The Hall–Kier alpha value is -2.04. The fraction of sp³-hybridized carbons (Fsp3) is 0.294. The highest BCUT2D eigenvalue weighted by atomic mass is 16.7. The van der Waals surface area contributed by atoms with Gasteiger partial charge in [-0.25, -0.2) is 0 Å². The third kappa shape index (κ3) is 2.48. The Balaban J connectivity index is 2.01. The second-order valence-electron chi connectivity index (χ2n) is 4.77. The van der Waals surface area contributed by atoms with Gasteiger partial charge in [0, 0.05) is 11.1 Å². The van der Waals surface area contributed by atoms with Crippen LogP contribution in [0.25, 0.3) is 0 Å². The van der Waals surface area contributed by atoms with Crippen LogP contribution < -0.4 is 9.47 Å². The van der Waals surface area contributed by atoms with E-state index >= 15 is 0 Å². The summed E-state index contributed by atoms with van der Waals surface area (Å²) in [5, 5.41) is 0. The quantitative estimate of drug-likeness (QED) is 0.866.